The minimum absolute atomic E-state index is 0.0329. The Labute approximate surface area is 192 Å². The highest BCUT2D eigenvalue weighted by atomic mass is 19.4. The second-order valence-corrected chi connectivity index (χ2v) is 6.79. The number of carbonyl (C=O) groups is 3. The third kappa shape index (κ3) is 6.66. The zero-order valence-electron chi connectivity index (χ0n) is 17.3. The van der Waals surface area contributed by atoms with Crippen molar-refractivity contribution in [2.45, 2.75) is 12.7 Å². The number of alkyl halides is 3. The van der Waals surface area contributed by atoms with Crippen molar-refractivity contribution in [3.8, 4) is 0 Å². The van der Waals surface area contributed by atoms with E-state index < -0.39 is 41.4 Å². The molecule has 0 saturated heterocycles. The number of rotatable bonds is 7. The van der Waals surface area contributed by atoms with Crippen LogP contribution in [0, 0.1) is 11.6 Å². The Bertz CT molecular complexity index is 1280. The second kappa shape index (κ2) is 10.1. The maximum absolute atomic E-state index is 13.7. The van der Waals surface area contributed by atoms with Gasteiger partial charge in [-0.25, -0.2) is 18.4 Å². The van der Waals surface area contributed by atoms with Gasteiger partial charge in [0.2, 0.25) is 0 Å². The molecule has 0 aliphatic rings. The minimum Gasteiger partial charge on any atom is -0.378 e. The van der Waals surface area contributed by atoms with Gasteiger partial charge < -0.3 is 26.5 Å². The fourth-order valence-electron chi connectivity index (χ4n) is 2.68. The van der Waals surface area contributed by atoms with Crippen LogP contribution in [-0.2, 0) is 11.3 Å². The van der Waals surface area contributed by atoms with Gasteiger partial charge in [0.25, 0.3) is 5.91 Å². The molecule has 0 spiro atoms. The Hall–Kier alpha value is -4.69. The highest BCUT2D eigenvalue weighted by molar-refractivity contribution is 6.00. The first-order chi connectivity index (χ1) is 16.4. The molecular formula is C20H15F5N6O4. The van der Waals surface area contributed by atoms with E-state index in [1.54, 1.807) is 12.1 Å². The number of anilines is 3. The number of nitrogens with two attached hydrogens (primary N) is 1. The van der Waals surface area contributed by atoms with Crippen LogP contribution in [0.25, 0.3) is 0 Å². The van der Waals surface area contributed by atoms with Gasteiger partial charge >= 0.3 is 18.2 Å². The van der Waals surface area contributed by atoms with Crippen molar-refractivity contribution in [2.75, 3.05) is 16.0 Å². The molecule has 0 unspecified atom stereocenters. The molecule has 0 fully saturated rings. The fraction of sp³-hybridized carbons (Fsp3) is 0.100. The van der Waals surface area contributed by atoms with E-state index in [0.717, 1.165) is 24.4 Å². The lowest BCUT2D eigenvalue weighted by molar-refractivity contribution is -0.201. The topological polar surface area (TPSA) is 140 Å². The lowest BCUT2D eigenvalue weighted by atomic mass is 10.2. The number of carbonyl (C=O) groups excluding carboxylic acids is 3. The first kappa shape index (κ1) is 24.9. The molecule has 0 bridgehead atoms. The smallest absolute Gasteiger partial charge is 0.378 e. The van der Waals surface area contributed by atoms with Crippen LogP contribution in [0.3, 0.4) is 0 Å². The van der Waals surface area contributed by atoms with E-state index >= 15 is 0 Å². The van der Waals surface area contributed by atoms with Crippen molar-refractivity contribution in [3.63, 3.8) is 0 Å². The first-order valence-corrected chi connectivity index (χ1v) is 9.47. The molecule has 0 aliphatic heterocycles. The average Bonchev–Trinajstić information content (AvgIpc) is 3.17. The Kier molecular flexibility index (Phi) is 7.17. The van der Waals surface area contributed by atoms with E-state index in [0.29, 0.717) is 5.56 Å². The van der Waals surface area contributed by atoms with E-state index in [9.17, 15) is 36.3 Å². The Morgan fingerprint density at radius 1 is 1.03 bits per heavy atom. The van der Waals surface area contributed by atoms with Gasteiger partial charge in [0, 0.05) is 18.3 Å². The summed E-state index contributed by atoms with van der Waals surface area (Å²) in [5.74, 6) is -5.25. The Morgan fingerprint density at radius 2 is 1.77 bits per heavy atom. The summed E-state index contributed by atoms with van der Waals surface area (Å²) in [4.78, 5) is 38.8. The number of hydrogen-bond donors (Lipinski definition) is 4. The molecule has 35 heavy (non-hydrogen) atoms. The summed E-state index contributed by atoms with van der Waals surface area (Å²) in [5.41, 5.74) is 4.91. The maximum Gasteiger partial charge on any atom is 0.493 e. The molecule has 0 radical (unpaired) electrons. The molecule has 184 valence electrons. The van der Waals surface area contributed by atoms with Crippen molar-refractivity contribution in [1.29, 1.82) is 0 Å². The summed E-state index contributed by atoms with van der Waals surface area (Å²) in [6, 6.07) is 7.80. The highest BCUT2D eigenvalue weighted by Crippen LogP contribution is 2.19. The van der Waals surface area contributed by atoms with Gasteiger partial charge in [-0.15, -0.1) is 5.10 Å². The van der Waals surface area contributed by atoms with Gasteiger partial charge in [-0.1, -0.05) is 17.0 Å². The summed E-state index contributed by atoms with van der Waals surface area (Å²) in [7, 11) is 0. The van der Waals surface area contributed by atoms with E-state index in [1.807, 2.05) is 0 Å². The first-order valence-electron chi connectivity index (χ1n) is 9.47. The average molecular weight is 498 g/mol. The van der Waals surface area contributed by atoms with Crippen molar-refractivity contribution in [2.24, 2.45) is 5.73 Å². The number of primary amides is 1. The van der Waals surface area contributed by atoms with Crippen LogP contribution in [0.4, 0.5) is 43.8 Å². The summed E-state index contributed by atoms with van der Waals surface area (Å²) in [6.45, 7) is -0.0329. The molecule has 1 aromatic heterocycles. The van der Waals surface area contributed by atoms with Crippen molar-refractivity contribution < 1.29 is 41.2 Å². The molecule has 15 heteroatoms. The van der Waals surface area contributed by atoms with Crippen LogP contribution in [0.15, 0.2) is 48.7 Å². The molecule has 1 heterocycles. The third-order valence-corrected chi connectivity index (χ3v) is 4.18. The van der Waals surface area contributed by atoms with Gasteiger partial charge in [0.1, 0.15) is 11.6 Å². The summed E-state index contributed by atoms with van der Waals surface area (Å²) in [5, 5.41) is 10.7. The summed E-state index contributed by atoms with van der Waals surface area (Å²) in [6.07, 6.45) is -4.47. The summed E-state index contributed by atoms with van der Waals surface area (Å²) < 4.78 is 64.0. The Morgan fingerprint density at radius 3 is 2.46 bits per heavy atom. The van der Waals surface area contributed by atoms with Crippen molar-refractivity contribution in [1.82, 2.24) is 9.94 Å². The normalized spacial score (nSPS) is 11.0. The van der Waals surface area contributed by atoms with Gasteiger partial charge in [0.15, 0.2) is 5.69 Å². The number of urea groups is 1. The summed E-state index contributed by atoms with van der Waals surface area (Å²) >= 11 is 0. The highest BCUT2D eigenvalue weighted by Gasteiger charge is 2.42. The predicted molar refractivity (Wildman–Crippen MR) is 111 cm³/mol. The quantitative estimate of drug-likeness (QED) is 0.369. The van der Waals surface area contributed by atoms with E-state index in [4.69, 9.17) is 5.73 Å². The number of benzene rings is 2. The Balaban J connectivity index is 1.66. The van der Waals surface area contributed by atoms with Crippen LogP contribution in [0.1, 0.15) is 16.1 Å². The van der Waals surface area contributed by atoms with Crippen LogP contribution in [0.2, 0.25) is 0 Å². The van der Waals surface area contributed by atoms with Crippen LogP contribution in [0.5, 0.6) is 0 Å². The van der Waals surface area contributed by atoms with Crippen LogP contribution in [-0.4, -0.2) is 34.0 Å². The molecule has 5 N–H and O–H groups in total. The molecule has 2 aromatic carbocycles. The molecule has 3 rings (SSSR count). The van der Waals surface area contributed by atoms with Gasteiger partial charge in [-0.3, -0.25) is 4.79 Å². The number of nitrogens with zero attached hydrogens (tertiary/aromatic N) is 2. The number of amides is 3. The van der Waals surface area contributed by atoms with Crippen LogP contribution >= 0.6 is 0 Å². The largest absolute Gasteiger partial charge is 0.493 e. The van der Waals surface area contributed by atoms with Crippen molar-refractivity contribution >= 4 is 35.0 Å². The third-order valence-electron chi connectivity index (χ3n) is 4.18. The van der Waals surface area contributed by atoms with E-state index in [2.05, 4.69) is 25.9 Å². The fourth-order valence-corrected chi connectivity index (χ4v) is 2.68. The molecular weight excluding hydrogens is 483 g/mol. The zero-order chi connectivity index (χ0) is 25.8. The molecule has 0 saturated carbocycles. The standard InChI is InChI=1S/C20H15F5N6O4/c21-11-4-5-13(22)14(7-11)29-19(34)28-12-3-1-2-10(6-12)8-27-15-9-31(30-16(15)17(26)32)35-18(33)20(23,24)25/h1-7,9,27H,8H2,(H2,26,32)(H2,28,29,34). The lowest BCUT2D eigenvalue weighted by Crippen LogP contribution is -2.33. The van der Waals surface area contributed by atoms with Crippen molar-refractivity contribution in [3.05, 3.63) is 71.6 Å². The van der Waals surface area contributed by atoms with E-state index in [1.165, 1.54) is 12.1 Å². The van der Waals surface area contributed by atoms with Gasteiger partial charge in [-0.2, -0.15) is 13.2 Å². The number of aromatic nitrogens is 2. The van der Waals surface area contributed by atoms with E-state index in [-0.39, 0.29) is 28.5 Å². The monoisotopic (exact) mass is 498 g/mol. The minimum atomic E-state index is -5.29. The predicted octanol–water partition coefficient (Wildman–Crippen LogP) is 3.03. The zero-order valence-corrected chi connectivity index (χ0v) is 17.3. The molecule has 0 aliphatic carbocycles. The molecule has 10 nitrogen and oxygen atoms in total. The molecule has 0 atom stereocenters. The van der Waals surface area contributed by atoms with Crippen LogP contribution < -0.4 is 26.5 Å². The number of nitrogens with one attached hydrogen (secondary N) is 3. The number of hydrogen-bond acceptors (Lipinski definition) is 6. The second-order valence-electron chi connectivity index (χ2n) is 6.79. The van der Waals surface area contributed by atoms with Gasteiger partial charge in [0.05, 0.1) is 17.6 Å². The number of halogens is 5. The lowest BCUT2D eigenvalue weighted by Gasteiger charge is -2.10. The molecule has 3 aromatic rings. The maximum atomic E-state index is 13.7. The van der Waals surface area contributed by atoms with Gasteiger partial charge in [-0.05, 0) is 29.8 Å². The SMILES string of the molecule is NC(=O)c1nn(OC(=O)C(F)(F)F)cc1NCc1cccc(NC(=O)Nc2cc(F)ccc2F)c1. The molecule has 3 amide bonds.